The van der Waals surface area contributed by atoms with Gasteiger partial charge in [0.25, 0.3) is 0 Å². The molecule has 0 bridgehead atoms. The molecule has 2 fully saturated rings. The van der Waals surface area contributed by atoms with Crippen molar-refractivity contribution in [3.05, 3.63) is 60.0 Å². The van der Waals surface area contributed by atoms with Crippen LogP contribution in [0.5, 0.6) is 0 Å². The fourth-order valence-corrected chi connectivity index (χ4v) is 5.08. The highest BCUT2D eigenvalue weighted by Gasteiger charge is 2.39. The van der Waals surface area contributed by atoms with E-state index in [0.717, 1.165) is 60.0 Å². The van der Waals surface area contributed by atoms with Crippen LogP contribution < -0.4 is 15.5 Å². The van der Waals surface area contributed by atoms with E-state index in [2.05, 4.69) is 30.7 Å². The number of fused-ring (bicyclic) bond motifs is 2. The second-order valence-corrected chi connectivity index (χ2v) is 9.00. The van der Waals surface area contributed by atoms with Crippen LogP contribution in [0.4, 0.5) is 17.3 Å². The van der Waals surface area contributed by atoms with Crippen molar-refractivity contribution in [3.63, 3.8) is 0 Å². The van der Waals surface area contributed by atoms with Crippen molar-refractivity contribution in [2.45, 2.75) is 38.8 Å². The number of nitrogens with zero attached hydrogens (tertiary/aromatic N) is 6. The number of aromatic nitrogens is 5. The van der Waals surface area contributed by atoms with Crippen LogP contribution in [0, 0.1) is 6.92 Å². The third-order valence-electron chi connectivity index (χ3n) is 6.77. The molecule has 0 saturated carbocycles. The number of anilines is 3. The first-order valence-corrected chi connectivity index (χ1v) is 11.6. The first kappa shape index (κ1) is 20.7. The van der Waals surface area contributed by atoms with Gasteiger partial charge in [0.2, 0.25) is 0 Å². The van der Waals surface area contributed by atoms with Crippen LogP contribution in [0.25, 0.3) is 16.9 Å². The molecule has 172 valence electrons. The zero-order valence-electron chi connectivity index (χ0n) is 19.2. The predicted octanol–water partition coefficient (Wildman–Crippen LogP) is 3.41. The summed E-state index contributed by atoms with van der Waals surface area (Å²) in [6.07, 6.45) is 3.93. The van der Waals surface area contributed by atoms with E-state index in [1.807, 2.05) is 54.0 Å². The predicted molar refractivity (Wildman–Crippen MR) is 131 cm³/mol. The average molecular weight is 455 g/mol. The Morgan fingerprint density at radius 2 is 2.03 bits per heavy atom. The van der Waals surface area contributed by atoms with Crippen LogP contribution >= 0.6 is 0 Å². The number of carbonyl (C=O) groups is 1. The third-order valence-corrected chi connectivity index (χ3v) is 6.77. The highest BCUT2D eigenvalue weighted by Crippen LogP contribution is 2.33. The van der Waals surface area contributed by atoms with E-state index in [4.69, 9.17) is 4.98 Å². The number of pyridine rings is 1. The number of hydrogen-bond acceptors (Lipinski definition) is 8. The van der Waals surface area contributed by atoms with Crippen LogP contribution in [0.15, 0.2) is 48.8 Å². The molecule has 0 spiro atoms. The quantitative estimate of drug-likeness (QED) is 0.443. The summed E-state index contributed by atoms with van der Waals surface area (Å²) in [6, 6.07) is 14.5. The largest absolute Gasteiger partial charge is 0.351 e. The van der Waals surface area contributed by atoms with Crippen molar-refractivity contribution in [1.29, 1.82) is 0 Å². The van der Waals surface area contributed by atoms with Gasteiger partial charge in [-0.3, -0.25) is 9.36 Å². The molecule has 1 aromatic carbocycles. The summed E-state index contributed by atoms with van der Waals surface area (Å²) in [5.74, 6) is 2.25. The molecule has 4 aromatic rings. The highest BCUT2D eigenvalue weighted by molar-refractivity contribution is 5.99. The van der Waals surface area contributed by atoms with Crippen LogP contribution in [0.2, 0.25) is 0 Å². The summed E-state index contributed by atoms with van der Waals surface area (Å²) < 4.78 is 1.97. The Kier molecular flexibility index (Phi) is 4.99. The molecule has 5 heterocycles. The normalized spacial score (nSPS) is 19.5. The Bertz CT molecular complexity index is 1380. The van der Waals surface area contributed by atoms with E-state index >= 15 is 0 Å². The highest BCUT2D eigenvalue weighted by atomic mass is 16.1. The van der Waals surface area contributed by atoms with Gasteiger partial charge in [-0.25, -0.2) is 9.97 Å². The van der Waals surface area contributed by atoms with Crippen LogP contribution in [0.1, 0.15) is 35.8 Å². The molecule has 0 radical (unpaired) electrons. The first-order chi connectivity index (χ1) is 16.6. The van der Waals surface area contributed by atoms with E-state index in [1.54, 1.807) is 13.3 Å². The molecule has 2 saturated heterocycles. The molecule has 9 heteroatoms. The van der Waals surface area contributed by atoms with Gasteiger partial charge in [-0.15, -0.1) is 5.10 Å². The van der Waals surface area contributed by atoms with Gasteiger partial charge in [0.1, 0.15) is 18.0 Å². The number of nitrogens with one attached hydrogen (secondary N) is 2. The Balaban J connectivity index is 1.35. The van der Waals surface area contributed by atoms with Crippen molar-refractivity contribution < 1.29 is 4.79 Å². The van der Waals surface area contributed by atoms with Crippen molar-refractivity contribution in [3.8, 4) is 5.82 Å². The third kappa shape index (κ3) is 3.58. The van der Waals surface area contributed by atoms with Gasteiger partial charge >= 0.3 is 0 Å². The number of rotatable bonds is 5. The maximum absolute atomic E-state index is 12.4. The number of ketones is 1. The topological polar surface area (TPSA) is 101 Å². The van der Waals surface area contributed by atoms with Gasteiger partial charge in [0.15, 0.2) is 11.6 Å². The van der Waals surface area contributed by atoms with Crippen molar-refractivity contribution in [2.24, 2.45) is 0 Å². The second kappa shape index (κ2) is 8.18. The smallest absolute Gasteiger partial charge is 0.163 e. The summed E-state index contributed by atoms with van der Waals surface area (Å²) in [7, 11) is 0. The fraction of sp³-hybridized carbons (Fsp3) is 0.320. The lowest BCUT2D eigenvalue weighted by atomic mass is 10.1. The molecule has 6 rings (SSSR count). The van der Waals surface area contributed by atoms with Crippen LogP contribution in [-0.4, -0.2) is 55.7 Å². The lowest BCUT2D eigenvalue weighted by molar-refractivity contribution is 0.101. The minimum absolute atomic E-state index is 0.0360. The molecular weight excluding hydrogens is 428 g/mol. The molecule has 34 heavy (non-hydrogen) atoms. The SMILES string of the molecule is CC(=O)c1ccc(-n2cnc3cc(Nc4ccc(C)nn4)ccc32)nc1N1CC[C@H]2NCC[C@@H]21. The summed E-state index contributed by atoms with van der Waals surface area (Å²) in [6.45, 7) is 5.43. The standard InChI is InChI=1S/C25H26N8O/c1-15-3-7-23(31-30-15)28-17-4-6-21-20(13-17)27-14-33(21)24-8-5-18(16(2)34)25(29-24)32-12-10-19-22(32)9-11-26-19/h3-8,13-14,19,22,26H,9-12H2,1-2H3,(H,28,31)/t19-,22+/m1/s1. The average Bonchev–Trinajstić information content (AvgIpc) is 3.56. The first-order valence-electron chi connectivity index (χ1n) is 11.6. The van der Waals surface area contributed by atoms with Gasteiger partial charge in [-0.1, -0.05) is 0 Å². The van der Waals surface area contributed by atoms with E-state index in [1.165, 1.54) is 0 Å². The second-order valence-electron chi connectivity index (χ2n) is 9.00. The van der Waals surface area contributed by atoms with Gasteiger partial charge < -0.3 is 15.5 Å². The lowest BCUT2D eigenvalue weighted by Crippen LogP contribution is -2.35. The fourth-order valence-electron chi connectivity index (χ4n) is 5.08. The molecule has 2 N–H and O–H groups in total. The molecule has 0 unspecified atom stereocenters. The number of carbonyl (C=O) groups excluding carboxylic acids is 1. The number of benzene rings is 1. The monoisotopic (exact) mass is 454 g/mol. The lowest BCUT2D eigenvalue weighted by Gasteiger charge is -2.26. The summed E-state index contributed by atoms with van der Waals surface area (Å²) in [4.78, 5) is 24.3. The Morgan fingerprint density at radius 3 is 2.85 bits per heavy atom. The molecule has 3 aromatic heterocycles. The maximum atomic E-state index is 12.4. The van der Waals surface area contributed by atoms with Gasteiger partial charge in [-0.05, 0) is 75.7 Å². The Hall–Kier alpha value is -3.85. The van der Waals surface area contributed by atoms with Gasteiger partial charge in [0.05, 0.1) is 22.3 Å². The zero-order chi connectivity index (χ0) is 23.2. The summed E-state index contributed by atoms with van der Waals surface area (Å²) in [5.41, 5.74) is 4.21. The summed E-state index contributed by atoms with van der Waals surface area (Å²) in [5, 5.41) is 15.1. The minimum Gasteiger partial charge on any atom is -0.351 e. The Morgan fingerprint density at radius 1 is 1.12 bits per heavy atom. The summed E-state index contributed by atoms with van der Waals surface area (Å²) >= 11 is 0. The molecular formula is C25H26N8O. The molecule has 0 aliphatic carbocycles. The molecule has 2 aliphatic heterocycles. The van der Waals surface area contributed by atoms with E-state index in [0.29, 0.717) is 23.5 Å². The van der Waals surface area contributed by atoms with E-state index in [9.17, 15) is 4.79 Å². The minimum atomic E-state index is 0.0360. The Labute approximate surface area is 197 Å². The van der Waals surface area contributed by atoms with Crippen molar-refractivity contribution in [1.82, 2.24) is 30.0 Å². The number of imidazole rings is 1. The van der Waals surface area contributed by atoms with Crippen molar-refractivity contribution >= 4 is 34.1 Å². The van der Waals surface area contributed by atoms with E-state index < -0.39 is 0 Å². The maximum Gasteiger partial charge on any atom is 0.163 e. The van der Waals surface area contributed by atoms with Gasteiger partial charge in [-0.2, -0.15) is 5.10 Å². The molecule has 0 amide bonds. The van der Waals surface area contributed by atoms with Crippen LogP contribution in [0.3, 0.4) is 0 Å². The molecule has 2 atom stereocenters. The zero-order valence-corrected chi connectivity index (χ0v) is 19.2. The number of aryl methyl sites for hydroxylation is 1. The number of hydrogen-bond donors (Lipinski definition) is 2. The van der Waals surface area contributed by atoms with E-state index in [-0.39, 0.29) is 5.78 Å². The molecule has 9 nitrogen and oxygen atoms in total. The van der Waals surface area contributed by atoms with Crippen molar-refractivity contribution in [2.75, 3.05) is 23.3 Å². The number of Topliss-reactive ketones (excluding diaryl/α,β-unsaturated/α-hetero) is 1. The van der Waals surface area contributed by atoms with Crippen LogP contribution in [-0.2, 0) is 0 Å². The van der Waals surface area contributed by atoms with Gasteiger partial charge in [0, 0.05) is 24.3 Å². The molecule has 2 aliphatic rings.